The van der Waals surface area contributed by atoms with Crippen LogP contribution in [0, 0.1) is 6.92 Å². The van der Waals surface area contributed by atoms with Gasteiger partial charge in [-0.1, -0.05) is 28.1 Å². The Morgan fingerprint density at radius 2 is 2.08 bits per heavy atom. The minimum absolute atomic E-state index is 0.272. The molecule has 2 N–H and O–H groups in total. The standard InChI is InChI=1S/C19H14BrN3O2/c1-11-15-6-5-13(20)10-17(15)25-18(11)19(24)22-14-4-2-3-12(9-14)16-7-8-21-23-16/h2-10H,1H3,(H,21,23)(H,22,24). The van der Waals surface area contributed by atoms with Gasteiger partial charge in [0, 0.05) is 32.9 Å². The number of anilines is 1. The van der Waals surface area contributed by atoms with Crippen molar-refractivity contribution in [3.63, 3.8) is 0 Å². The van der Waals surface area contributed by atoms with E-state index in [1.54, 1.807) is 6.20 Å². The molecule has 25 heavy (non-hydrogen) atoms. The molecule has 124 valence electrons. The van der Waals surface area contributed by atoms with Crippen LogP contribution in [0.3, 0.4) is 0 Å². The molecule has 0 saturated carbocycles. The summed E-state index contributed by atoms with van der Waals surface area (Å²) in [5, 5.41) is 10.7. The summed E-state index contributed by atoms with van der Waals surface area (Å²) < 4.78 is 6.67. The summed E-state index contributed by atoms with van der Waals surface area (Å²) in [4.78, 5) is 12.7. The third-order valence-electron chi connectivity index (χ3n) is 4.04. The molecule has 5 nitrogen and oxygen atoms in total. The number of benzene rings is 2. The van der Waals surface area contributed by atoms with Crippen LogP contribution in [0.25, 0.3) is 22.2 Å². The number of fused-ring (bicyclic) bond motifs is 1. The van der Waals surface area contributed by atoms with Crippen LogP contribution < -0.4 is 5.32 Å². The fourth-order valence-electron chi connectivity index (χ4n) is 2.78. The highest BCUT2D eigenvalue weighted by Crippen LogP contribution is 2.29. The molecule has 0 saturated heterocycles. The molecule has 2 aromatic heterocycles. The van der Waals surface area contributed by atoms with E-state index in [1.807, 2.05) is 55.5 Å². The third kappa shape index (κ3) is 2.96. The number of H-pyrrole nitrogens is 1. The Hall–Kier alpha value is -2.86. The molecule has 0 unspecified atom stereocenters. The highest BCUT2D eigenvalue weighted by molar-refractivity contribution is 9.10. The second-order valence-corrected chi connectivity index (χ2v) is 6.62. The molecule has 0 bridgehead atoms. The Labute approximate surface area is 152 Å². The number of carbonyl (C=O) groups is 1. The largest absolute Gasteiger partial charge is 0.451 e. The molecule has 1 amide bonds. The van der Waals surface area contributed by atoms with Crippen LogP contribution in [0.1, 0.15) is 16.1 Å². The number of aromatic nitrogens is 2. The maximum Gasteiger partial charge on any atom is 0.291 e. The van der Waals surface area contributed by atoms with Gasteiger partial charge in [0.1, 0.15) is 5.58 Å². The van der Waals surface area contributed by atoms with E-state index in [9.17, 15) is 4.79 Å². The van der Waals surface area contributed by atoms with E-state index in [1.165, 1.54) is 0 Å². The molecule has 0 radical (unpaired) electrons. The summed E-state index contributed by atoms with van der Waals surface area (Å²) in [5.41, 5.74) is 4.03. The lowest BCUT2D eigenvalue weighted by Crippen LogP contribution is -2.12. The quantitative estimate of drug-likeness (QED) is 0.503. The van der Waals surface area contributed by atoms with Gasteiger partial charge in [-0.15, -0.1) is 0 Å². The average molecular weight is 396 g/mol. The minimum atomic E-state index is -0.272. The van der Waals surface area contributed by atoms with Crippen LogP contribution in [-0.2, 0) is 0 Å². The van der Waals surface area contributed by atoms with Gasteiger partial charge in [-0.2, -0.15) is 5.10 Å². The van der Waals surface area contributed by atoms with Gasteiger partial charge in [0.15, 0.2) is 5.76 Å². The highest BCUT2D eigenvalue weighted by Gasteiger charge is 2.18. The molecule has 0 aliphatic carbocycles. The van der Waals surface area contributed by atoms with Crippen LogP contribution in [-0.4, -0.2) is 16.1 Å². The van der Waals surface area contributed by atoms with Crippen LogP contribution in [0.4, 0.5) is 5.69 Å². The van der Waals surface area contributed by atoms with E-state index < -0.39 is 0 Å². The molecule has 4 aromatic rings. The van der Waals surface area contributed by atoms with Crippen LogP contribution in [0.2, 0.25) is 0 Å². The minimum Gasteiger partial charge on any atom is -0.451 e. The van der Waals surface area contributed by atoms with Crippen LogP contribution in [0.5, 0.6) is 0 Å². The Bertz CT molecular complexity index is 1070. The van der Waals surface area contributed by atoms with Gasteiger partial charge in [-0.05, 0) is 43.3 Å². The molecule has 2 heterocycles. The first-order valence-electron chi connectivity index (χ1n) is 7.71. The smallest absolute Gasteiger partial charge is 0.291 e. The number of rotatable bonds is 3. The number of aromatic amines is 1. The second kappa shape index (κ2) is 6.22. The number of nitrogens with one attached hydrogen (secondary N) is 2. The topological polar surface area (TPSA) is 70.9 Å². The van der Waals surface area contributed by atoms with Gasteiger partial charge in [0.2, 0.25) is 0 Å². The molecule has 0 atom stereocenters. The van der Waals surface area contributed by atoms with E-state index in [4.69, 9.17) is 4.42 Å². The number of carbonyl (C=O) groups excluding carboxylic acids is 1. The molecule has 4 rings (SSSR count). The number of nitrogens with zero attached hydrogens (tertiary/aromatic N) is 1. The van der Waals surface area contributed by atoms with Crippen molar-refractivity contribution in [2.24, 2.45) is 0 Å². The number of halogens is 1. The van der Waals surface area contributed by atoms with Crippen molar-refractivity contribution in [2.45, 2.75) is 6.92 Å². The first kappa shape index (κ1) is 15.7. The predicted octanol–water partition coefficient (Wildman–Crippen LogP) is 5.15. The number of furan rings is 1. The Kier molecular flexibility index (Phi) is 3.89. The zero-order chi connectivity index (χ0) is 17.4. The van der Waals surface area contributed by atoms with Crippen molar-refractivity contribution < 1.29 is 9.21 Å². The fraction of sp³-hybridized carbons (Fsp3) is 0.0526. The summed E-state index contributed by atoms with van der Waals surface area (Å²) in [6.45, 7) is 1.88. The maximum atomic E-state index is 12.7. The maximum absolute atomic E-state index is 12.7. The molecular formula is C19H14BrN3O2. The fourth-order valence-corrected chi connectivity index (χ4v) is 3.12. The van der Waals surface area contributed by atoms with E-state index in [2.05, 4.69) is 31.4 Å². The molecule has 0 fully saturated rings. The molecule has 0 aliphatic rings. The average Bonchev–Trinajstić information content (AvgIpc) is 3.23. The summed E-state index contributed by atoms with van der Waals surface area (Å²) in [7, 11) is 0. The van der Waals surface area contributed by atoms with Gasteiger partial charge < -0.3 is 9.73 Å². The SMILES string of the molecule is Cc1c(C(=O)Nc2cccc(-c3ccn[nH]3)c2)oc2cc(Br)ccc12. The summed E-state index contributed by atoms with van der Waals surface area (Å²) in [6.07, 6.45) is 1.69. The van der Waals surface area contributed by atoms with Gasteiger partial charge in [0.05, 0.1) is 5.69 Å². The normalized spacial score (nSPS) is 11.0. The summed E-state index contributed by atoms with van der Waals surface area (Å²) in [6, 6.07) is 15.2. The van der Waals surface area contributed by atoms with E-state index >= 15 is 0 Å². The van der Waals surface area contributed by atoms with Crippen molar-refractivity contribution in [3.8, 4) is 11.3 Å². The van der Waals surface area contributed by atoms with Gasteiger partial charge >= 0.3 is 0 Å². The van der Waals surface area contributed by atoms with Crippen molar-refractivity contribution in [2.75, 3.05) is 5.32 Å². The highest BCUT2D eigenvalue weighted by atomic mass is 79.9. The Balaban J connectivity index is 1.64. The second-order valence-electron chi connectivity index (χ2n) is 5.70. The van der Waals surface area contributed by atoms with E-state index in [-0.39, 0.29) is 5.91 Å². The number of hydrogen-bond acceptors (Lipinski definition) is 3. The molecule has 6 heteroatoms. The number of hydrogen-bond donors (Lipinski definition) is 2. The van der Waals surface area contributed by atoms with Crippen LogP contribution in [0.15, 0.2) is 63.6 Å². The predicted molar refractivity (Wildman–Crippen MR) is 101 cm³/mol. The zero-order valence-electron chi connectivity index (χ0n) is 13.3. The van der Waals surface area contributed by atoms with Crippen molar-refractivity contribution in [1.82, 2.24) is 10.2 Å². The monoisotopic (exact) mass is 395 g/mol. The Morgan fingerprint density at radius 3 is 2.88 bits per heavy atom. The van der Waals surface area contributed by atoms with E-state index in [0.29, 0.717) is 17.0 Å². The summed E-state index contributed by atoms with van der Waals surface area (Å²) >= 11 is 3.42. The first-order valence-corrected chi connectivity index (χ1v) is 8.51. The number of amides is 1. The van der Waals surface area contributed by atoms with Gasteiger partial charge in [-0.25, -0.2) is 0 Å². The van der Waals surface area contributed by atoms with Gasteiger partial charge in [0.25, 0.3) is 5.91 Å². The Morgan fingerprint density at radius 1 is 1.20 bits per heavy atom. The van der Waals surface area contributed by atoms with Gasteiger partial charge in [-0.3, -0.25) is 9.89 Å². The van der Waals surface area contributed by atoms with Crippen molar-refractivity contribution in [3.05, 3.63) is 70.5 Å². The number of aryl methyl sites for hydroxylation is 1. The molecule has 2 aromatic carbocycles. The lowest BCUT2D eigenvalue weighted by molar-refractivity contribution is 0.0998. The van der Waals surface area contributed by atoms with Crippen LogP contribution >= 0.6 is 15.9 Å². The lowest BCUT2D eigenvalue weighted by atomic mass is 10.1. The molecule has 0 spiro atoms. The summed E-state index contributed by atoms with van der Waals surface area (Å²) in [5.74, 6) is 0.0478. The van der Waals surface area contributed by atoms with Crippen molar-refractivity contribution >= 4 is 38.5 Å². The third-order valence-corrected chi connectivity index (χ3v) is 4.53. The molecule has 0 aliphatic heterocycles. The first-order chi connectivity index (χ1) is 12.1. The molecular weight excluding hydrogens is 382 g/mol. The lowest BCUT2D eigenvalue weighted by Gasteiger charge is -2.06. The van der Waals surface area contributed by atoms with E-state index in [0.717, 1.165) is 26.7 Å². The van der Waals surface area contributed by atoms with Crippen molar-refractivity contribution in [1.29, 1.82) is 0 Å². The zero-order valence-corrected chi connectivity index (χ0v) is 14.9.